The van der Waals surface area contributed by atoms with Gasteiger partial charge < -0.3 is 10.1 Å². The van der Waals surface area contributed by atoms with Gasteiger partial charge in [0, 0.05) is 25.2 Å². The molecule has 0 atom stereocenters. The van der Waals surface area contributed by atoms with E-state index in [-0.39, 0.29) is 11.2 Å². The summed E-state index contributed by atoms with van der Waals surface area (Å²) in [5.41, 5.74) is 2.23. The second kappa shape index (κ2) is 7.84. The Morgan fingerprint density at radius 1 is 0.933 bits per heavy atom. The van der Waals surface area contributed by atoms with E-state index in [1.165, 1.54) is 11.6 Å². The lowest BCUT2D eigenvalue weighted by atomic mass is 9.74. The Balaban J connectivity index is 1.45. The van der Waals surface area contributed by atoms with Crippen molar-refractivity contribution in [2.75, 3.05) is 25.1 Å². The highest BCUT2D eigenvalue weighted by Gasteiger charge is 2.34. The molecule has 0 aliphatic carbocycles. The number of ether oxygens (including phenoxy) is 1. The largest absolute Gasteiger partial charge is 0.381 e. The third-order valence-electron chi connectivity index (χ3n) is 5.82. The number of nitrogens with one attached hydrogen (secondary N) is 1. The monoisotopic (exact) mass is 403 g/mol. The molecule has 1 N–H and O–H groups in total. The SMILES string of the molecule is Fc1ccccc1-c1nnc2ccc(NCC3(c4ccccc4)CCOCC3)nn12. The summed E-state index contributed by atoms with van der Waals surface area (Å²) in [6.45, 7) is 2.22. The Labute approximate surface area is 173 Å². The number of rotatable bonds is 5. The lowest BCUT2D eigenvalue weighted by molar-refractivity contribution is 0.0543. The molecule has 6 nitrogen and oxygen atoms in total. The van der Waals surface area contributed by atoms with Gasteiger partial charge in [-0.25, -0.2) is 4.39 Å². The van der Waals surface area contributed by atoms with E-state index in [0.717, 1.165) is 32.6 Å². The minimum atomic E-state index is -0.350. The highest BCUT2D eigenvalue weighted by Crippen LogP contribution is 2.35. The maximum Gasteiger partial charge on any atom is 0.188 e. The molecule has 1 aliphatic heterocycles. The van der Waals surface area contributed by atoms with Crippen LogP contribution >= 0.6 is 0 Å². The van der Waals surface area contributed by atoms with Gasteiger partial charge in [0.2, 0.25) is 0 Å². The standard InChI is InChI=1S/C23H22FN5O/c24-19-9-5-4-8-18(19)22-27-26-21-11-10-20(28-29(21)22)25-16-23(12-14-30-15-13-23)17-6-2-1-3-7-17/h1-11H,12-16H2,(H,25,28). The molecular formula is C23H22FN5O. The molecule has 0 amide bonds. The average Bonchev–Trinajstić information content (AvgIpc) is 3.22. The molecule has 0 spiro atoms. The number of benzene rings is 2. The zero-order chi connectivity index (χ0) is 20.4. The topological polar surface area (TPSA) is 64.3 Å². The predicted molar refractivity (Wildman–Crippen MR) is 113 cm³/mol. The summed E-state index contributed by atoms with van der Waals surface area (Å²) in [7, 11) is 0. The number of anilines is 1. The van der Waals surface area contributed by atoms with E-state index in [1.807, 2.05) is 18.2 Å². The number of hydrogen-bond acceptors (Lipinski definition) is 5. The predicted octanol–water partition coefficient (Wildman–Crippen LogP) is 4.09. The summed E-state index contributed by atoms with van der Waals surface area (Å²) < 4.78 is 21.5. The van der Waals surface area contributed by atoms with E-state index in [1.54, 1.807) is 22.7 Å². The molecule has 30 heavy (non-hydrogen) atoms. The van der Waals surface area contributed by atoms with Crippen LogP contribution < -0.4 is 5.32 Å². The summed E-state index contributed by atoms with van der Waals surface area (Å²) in [5.74, 6) is 0.731. The van der Waals surface area contributed by atoms with Gasteiger partial charge in [-0.1, -0.05) is 42.5 Å². The van der Waals surface area contributed by atoms with Crippen molar-refractivity contribution < 1.29 is 9.13 Å². The summed E-state index contributed by atoms with van der Waals surface area (Å²) in [4.78, 5) is 0. The van der Waals surface area contributed by atoms with Crippen LogP contribution in [0.25, 0.3) is 17.0 Å². The van der Waals surface area contributed by atoms with E-state index < -0.39 is 0 Å². The van der Waals surface area contributed by atoms with Crippen LogP contribution in [0, 0.1) is 5.82 Å². The van der Waals surface area contributed by atoms with E-state index in [2.05, 4.69) is 44.9 Å². The molecule has 1 fully saturated rings. The van der Waals surface area contributed by atoms with Crippen LogP contribution in [0.1, 0.15) is 18.4 Å². The van der Waals surface area contributed by atoms with Crippen LogP contribution in [0.2, 0.25) is 0 Å². The lowest BCUT2D eigenvalue weighted by Gasteiger charge is -2.38. The van der Waals surface area contributed by atoms with Crippen LogP contribution in [-0.2, 0) is 10.2 Å². The van der Waals surface area contributed by atoms with Gasteiger partial charge in [-0.05, 0) is 42.7 Å². The van der Waals surface area contributed by atoms with Crippen molar-refractivity contribution in [2.45, 2.75) is 18.3 Å². The minimum Gasteiger partial charge on any atom is -0.381 e. The molecule has 1 saturated heterocycles. The second-order valence-electron chi connectivity index (χ2n) is 7.60. The molecule has 0 unspecified atom stereocenters. The van der Waals surface area contributed by atoms with Crippen molar-refractivity contribution in [2.24, 2.45) is 0 Å². The molecule has 4 aromatic rings. The molecule has 3 heterocycles. The van der Waals surface area contributed by atoms with Crippen molar-refractivity contribution in [3.05, 3.63) is 78.1 Å². The van der Waals surface area contributed by atoms with Crippen LogP contribution in [0.3, 0.4) is 0 Å². The van der Waals surface area contributed by atoms with Gasteiger partial charge in [0.25, 0.3) is 0 Å². The number of nitrogens with zero attached hydrogens (tertiary/aromatic N) is 4. The maximum absolute atomic E-state index is 14.3. The van der Waals surface area contributed by atoms with Crippen LogP contribution in [0.5, 0.6) is 0 Å². The van der Waals surface area contributed by atoms with Gasteiger partial charge in [0.1, 0.15) is 11.6 Å². The van der Waals surface area contributed by atoms with E-state index in [0.29, 0.717) is 22.9 Å². The number of hydrogen-bond donors (Lipinski definition) is 1. The van der Waals surface area contributed by atoms with Crippen LogP contribution in [-0.4, -0.2) is 39.6 Å². The molecule has 7 heteroatoms. The van der Waals surface area contributed by atoms with Gasteiger partial charge >= 0.3 is 0 Å². The third-order valence-corrected chi connectivity index (χ3v) is 5.82. The Bertz CT molecular complexity index is 1150. The normalized spacial score (nSPS) is 15.9. The Morgan fingerprint density at radius 3 is 2.50 bits per heavy atom. The molecule has 0 radical (unpaired) electrons. The highest BCUT2D eigenvalue weighted by molar-refractivity contribution is 5.60. The quantitative estimate of drug-likeness (QED) is 0.544. The first-order valence-corrected chi connectivity index (χ1v) is 10.1. The molecule has 0 saturated carbocycles. The van der Waals surface area contributed by atoms with Crippen molar-refractivity contribution in [3.8, 4) is 11.4 Å². The summed E-state index contributed by atoms with van der Waals surface area (Å²) in [6.07, 6.45) is 1.89. The van der Waals surface area contributed by atoms with Crippen molar-refractivity contribution in [1.82, 2.24) is 19.8 Å². The van der Waals surface area contributed by atoms with E-state index in [9.17, 15) is 4.39 Å². The lowest BCUT2D eigenvalue weighted by Crippen LogP contribution is -2.40. The second-order valence-corrected chi connectivity index (χ2v) is 7.60. The smallest absolute Gasteiger partial charge is 0.188 e. The number of fused-ring (bicyclic) bond motifs is 1. The fourth-order valence-electron chi connectivity index (χ4n) is 4.07. The fraction of sp³-hybridized carbons (Fsp3) is 0.261. The van der Waals surface area contributed by atoms with Crippen LogP contribution in [0.15, 0.2) is 66.7 Å². The first-order valence-electron chi connectivity index (χ1n) is 10.1. The molecule has 0 bridgehead atoms. The van der Waals surface area contributed by atoms with Gasteiger partial charge in [-0.2, -0.15) is 4.52 Å². The molecule has 2 aromatic heterocycles. The van der Waals surface area contributed by atoms with E-state index in [4.69, 9.17) is 4.74 Å². The molecule has 2 aromatic carbocycles. The fourth-order valence-corrected chi connectivity index (χ4v) is 4.07. The molecule has 152 valence electrons. The average molecular weight is 403 g/mol. The summed E-state index contributed by atoms with van der Waals surface area (Å²) in [6, 6.07) is 20.8. The Kier molecular flexibility index (Phi) is 4.88. The third kappa shape index (κ3) is 3.41. The van der Waals surface area contributed by atoms with Crippen molar-refractivity contribution in [1.29, 1.82) is 0 Å². The molecule has 5 rings (SSSR count). The minimum absolute atomic E-state index is 0.0162. The summed E-state index contributed by atoms with van der Waals surface area (Å²) >= 11 is 0. The first-order chi connectivity index (χ1) is 14.8. The van der Waals surface area contributed by atoms with Gasteiger partial charge in [-0.3, -0.25) is 0 Å². The highest BCUT2D eigenvalue weighted by atomic mass is 19.1. The maximum atomic E-state index is 14.3. The number of halogens is 1. The van der Waals surface area contributed by atoms with Gasteiger partial charge in [0.15, 0.2) is 11.5 Å². The molecule has 1 aliphatic rings. The van der Waals surface area contributed by atoms with E-state index >= 15 is 0 Å². The van der Waals surface area contributed by atoms with Gasteiger partial charge in [-0.15, -0.1) is 15.3 Å². The van der Waals surface area contributed by atoms with Gasteiger partial charge in [0.05, 0.1) is 5.56 Å². The zero-order valence-electron chi connectivity index (χ0n) is 16.5. The van der Waals surface area contributed by atoms with Crippen molar-refractivity contribution >= 4 is 11.5 Å². The molecular weight excluding hydrogens is 381 g/mol. The Hall–Kier alpha value is -3.32. The zero-order valence-corrected chi connectivity index (χ0v) is 16.5. The summed E-state index contributed by atoms with van der Waals surface area (Å²) in [5, 5.41) is 16.4. The van der Waals surface area contributed by atoms with Crippen molar-refractivity contribution in [3.63, 3.8) is 0 Å². The first kappa shape index (κ1) is 18.7. The van der Waals surface area contributed by atoms with Crippen LogP contribution in [0.4, 0.5) is 10.2 Å². The number of aromatic nitrogens is 4. The Morgan fingerprint density at radius 2 is 1.70 bits per heavy atom.